The molecule has 0 aliphatic heterocycles. The van der Waals surface area contributed by atoms with Crippen molar-refractivity contribution in [2.45, 2.75) is 46.6 Å². The summed E-state index contributed by atoms with van der Waals surface area (Å²) < 4.78 is 10.5. The monoisotopic (exact) mass is 245 g/mol. The van der Waals surface area contributed by atoms with Crippen LogP contribution in [-0.4, -0.2) is 38.4 Å². The SMILES string of the molecule is CCNC(CCOCCC(C)C)C(=O)OCC. The molecule has 0 rings (SSSR count). The topological polar surface area (TPSA) is 47.6 Å². The molecule has 1 N–H and O–H groups in total. The third kappa shape index (κ3) is 9.12. The Morgan fingerprint density at radius 3 is 2.35 bits per heavy atom. The number of esters is 1. The van der Waals surface area contributed by atoms with Crippen molar-refractivity contribution in [2.24, 2.45) is 5.92 Å². The molecule has 102 valence electrons. The number of hydrogen-bond donors (Lipinski definition) is 1. The van der Waals surface area contributed by atoms with Crippen molar-refractivity contribution in [1.29, 1.82) is 0 Å². The van der Waals surface area contributed by atoms with E-state index < -0.39 is 0 Å². The van der Waals surface area contributed by atoms with Crippen LogP contribution in [0.3, 0.4) is 0 Å². The van der Waals surface area contributed by atoms with E-state index in [1.54, 1.807) is 0 Å². The van der Waals surface area contributed by atoms with Gasteiger partial charge in [-0.1, -0.05) is 20.8 Å². The van der Waals surface area contributed by atoms with Crippen molar-refractivity contribution in [3.05, 3.63) is 0 Å². The summed E-state index contributed by atoms with van der Waals surface area (Å²) in [6.45, 7) is 10.7. The highest BCUT2D eigenvalue weighted by atomic mass is 16.5. The molecule has 1 atom stereocenters. The average Bonchev–Trinajstić information content (AvgIpc) is 2.27. The van der Waals surface area contributed by atoms with Crippen LogP contribution in [0.25, 0.3) is 0 Å². The Bertz CT molecular complexity index is 195. The number of rotatable bonds is 10. The van der Waals surface area contributed by atoms with E-state index in [1.807, 2.05) is 13.8 Å². The van der Waals surface area contributed by atoms with Crippen molar-refractivity contribution < 1.29 is 14.3 Å². The first kappa shape index (κ1) is 16.4. The minimum atomic E-state index is -0.237. The number of carbonyl (C=O) groups is 1. The summed E-state index contributed by atoms with van der Waals surface area (Å²) in [6, 6.07) is -0.237. The second-order valence-corrected chi connectivity index (χ2v) is 4.45. The fourth-order valence-corrected chi connectivity index (χ4v) is 1.41. The van der Waals surface area contributed by atoms with E-state index in [4.69, 9.17) is 9.47 Å². The summed E-state index contributed by atoms with van der Waals surface area (Å²) in [7, 11) is 0. The molecule has 0 aromatic carbocycles. The molecule has 0 aromatic heterocycles. The normalized spacial score (nSPS) is 12.8. The van der Waals surface area contributed by atoms with E-state index in [9.17, 15) is 4.79 Å². The average molecular weight is 245 g/mol. The standard InChI is InChI=1S/C13H27NO3/c1-5-14-12(13(15)17-6-2)8-10-16-9-7-11(3)4/h11-12,14H,5-10H2,1-4H3. The maximum absolute atomic E-state index is 11.6. The Morgan fingerprint density at radius 1 is 1.18 bits per heavy atom. The van der Waals surface area contributed by atoms with Gasteiger partial charge in [0.25, 0.3) is 0 Å². The van der Waals surface area contributed by atoms with Crippen LogP contribution < -0.4 is 5.32 Å². The number of ether oxygens (including phenoxy) is 2. The maximum Gasteiger partial charge on any atom is 0.323 e. The Balaban J connectivity index is 3.73. The summed E-state index contributed by atoms with van der Waals surface area (Å²) in [4.78, 5) is 11.6. The smallest absolute Gasteiger partial charge is 0.323 e. The molecule has 0 aromatic rings. The van der Waals surface area contributed by atoms with Crippen molar-refractivity contribution in [1.82, 2.24) is 5.32 Å². The summed E-state index contributed by atoms with van der Waals surface area (Å²) in [6.07, 6.45) is 1.73. The molecule has 0 aliphatic rings. The molecule has 0 bridgehead atoms. The molecule has 1 unspecified atom stereocenters. The second kappa shape index (κ2) is 10.5. The highest BCUT2D eigenvalue weighted by Gasteiger charge is 2.17. The van der Waals surface area contributed by atoms with E-state index >= 15 is 0 Å². The van der Waals surface area contributed by atoms with Crippen LogP contribution in [0.2, 0.25) is 0 Å². The van der Waals surface area contributed by atoms with Gasteiger partial charge in [-0.15, -0.1) is 0 Å². The Hall–Kier alpha value is -0.610. The highest BCUT2D eigenvalue weighted by Crippen LogP contribution is 2.01. The zero-order valence-electron chi connectivity index (χ0n) is 11.6. The molecule has 0 heterocycles. The first-order valence-corrected chi connectivity index (χ1v) is 6.59. The lowest BCUT2D eigenvalue weighted by atomic mass is 10.1. The summed E-state index contributed by atoms with van der Waals surface area (Å²) >= 11 is 0. The molecular weight excluding hydrogens is 218 g/mol. The van der Waals surface area contributed by atoms with Gasteiger partial charge in [0.1, 0.15) is 6.04 Å². The zero-order valence-corrected chi connectivity index (χ0v) is 11.6. The van der Waals surface area contributed by atoms with Gasteiger partial charge in [0.2, 0.25) is 0 Å². The van der Waals surface area contributed by atoms with E-state index in [0.29, 0.717) is 25.6 Å². The van der Waals surface area contributed by atoms with Crippen molar-refractivity contribution in [2.75, 3.05) is 26.4 Å². The van der Waals surface area contributed by atoms with Crippen LogP contribution >= 0.6 is 0 Å². The summed E-state index contributed by atoms with van der Waals surface area (Å²) in [5.74, 6) is 0.478. The number of carbonyl (C=O) groups excluding carboxylic acids is 1. The van der Waals surface area contributed by atoms with Crippen molar-refractivity contribution >= 4 is 5.97 Å². The molecule has 0 spiro atoms. The quantitative estimate of drug-likeness (QED) is 0.472. The second-order valence-electron chi connectivity index (χ2n) is 4.45. The molecule has 0 saturated carbocycles. The first-order chi connectivity index (χ1) is 8.11. The largest absolute Gasteiger partial charge is 0.465 e. The number of nitrogens with one attached hydrogen (secondary N) is 1. The van der Waals surface area contributed by atoms with Gasteiger partial charge in [-0.2, -0.15) is 0 Å². The molecule has 0 aliphatic carbocycles. The predicted molar refractivity (Wildman–Crippen MR) is 69.0 cm³/mol. The van der Waals surface area contributed by atoms with Crippen LogP contribution in [0.15, 0.2) is 0 Å². The van der Waals surface area contributed by atoms with Gasteiger partial charge in [-0.25, -0.2) is 0 Å². The Morgan fingerprint density at radius 2 is 1.82 bits per heavy atom. The van der Waals surface area contributed by atoms with Gasteiger partial charge in [0.05, 0.1) is 6.61 Å². The fraction of sp³-hybridized carbons (Fsp3) is 0.923. The van der Waals surface area contributed by atoms with E-state index in [2.05, 4.69) is 19.2 Å². The Kier molecular flexibility index (Phi) is 10.2. The lowest BCUT2D eigenvalue weighted by Gasteiger charge is -2.16. The molecule has 17 heavy (non-hydrogen) atoms. The highest BCUT2D eigenvalue weighted by molar-refractivity contribution is 5.75. The van der Waals surface area contributed by atoms with Gasteiger partial charge >= 0.3 is 5.97 Å². The molecule has 0 fully saturated rings. The minimum absolute atomic E-state index is 0.179. The minimum Gasteiger partial charge on any atom is -0.465 e. The third-order valence-corrected chi connectivity index (χ3v) is 2.41. The van der Waals surface area contributed by atoms with Crippen LogP contribution in [0.5, 0.6) is 0 Å². The van der Waals surface area contributed by atoms with Gasteiger partial charge in [-0.05, 0) is 32.2 Å². The van der Waals surface area contributed by atoms with Crippen molar-refractivity contribution in [3.63, 3.8) is 0 Å². The van der Waals surface area contributed by atoms with Crippen molar-refractivity contribution in [3.8, 4) is 0 Å². The molecule has 0 radical (unpaired) electrons. The van der Waals surface area contributed by atoms with Crippen LogP contribution in [0, 0.1) is 5.92 Å². The predicted octanol–water partition coefficient (Wildman–Crippen LogP) is 1.98. The van der Waals surface area contributed by atoms with E-state index in [-0.39, 0.29) is 12.0 Å². The molecule has 0 saturated heterocycles. The van der Waals surface area contributed by atoms with Gasteiger partial charge in [-0.3, -0.25) is 4.79 Å². The number of hydrogen-bond acceptors (Lipinski definition) is 4. The zero-order chi connectivity index (χ0) is 13.1. The fourth-order valence-electron chi connectivity index (χ4n) is 1.41. The lowest BCUT2D eigenvalue weighted by molar-refractivity contribution is -0.146. The number of likely N-dealkylation sites (N-methyl/N-ethyl adjacent to an activating group) is 1. The molecule has 4 heteroatoms. The molecule has 4 nitrogen and oxygen atoms in total. The third-order valence-electron chi connectivity index (χ3n) is 2.41. The first-order valence-electron chi connectivity index (χ1n) is 6.59. The van der Waals surface area contributed by atoms with Crippen LogP contribution in [0.1, 0.15) is 40.5 Å². The maximum atomic E-state index is 11.6. The summed E-state index contributed by atoms with van der Waals surface area (Å²) in [5, 5.41) is 3.11. The van der Waals surface area contributed by atoms with Crippen LogP contribution in [-0.2, 0) is 14.3 Å². The summed E-state index contributed by atoms with van der Waals surface area (Å²) in [5.41, 5.74) is 0. The van der Waals surface area contributed by atoms with Crippen LogP contribution in [0.4, 0.5) is 0 Å². The lowest BCUT2D eigenvalue weighted by Crippen LogP contribution is -2.38. The molecular formula is C13H27NO3. The van der Waals surface area contributed by atoms with E-state index in [0.717, 1.165) is 19.6 Å². The molecule has 0 amide bonds. The van der Waals surface area contributed by atoms with Gasteiger partial charge < -0.3 is 14.8 Å². The van der Waals surface area contributed by atoms with Gasteiger partial charge in [0.15, 0.2) is 0 Å². The Labute approximate surface area is 105 Å². The van der Waals surface area contributed by atoms with E-state index in [1.165, 1.54) is 0 Å². The van der Waals surface area contributed by atoms with Gasteiger partial charge in [0, 0.05) is 13.2 Å².